The maximum absolute atomic E-state index is 5.87. The Labute approximate surface area is 154 Å². The molecule has 1 aliphatic carbocycles. The third-order valence-electron chi connectivity index (χ3n) is 4.41. The maximum atomic E-state index is 5.87. The van der Waals surface area contributed by atoms with Gasteiger partial charge in [0.05, 0.1) is 25.1 Å². The maximum Gasteiger partial charge on any atom is 0.138 e. The number of hydrogen-bond acceptors (Lipinski definition) is 4. The molecule has 1 aromatic heterocycles. The fourth-order valence-corrected chi connectivity index (χ4v) is 2.88. The molecule has 3 rings (SSSR count). The molecule has 2 unspecified atom stereocenters. The van der Waals surface area contributed by atoms with Gasteiger partial charge in [-0.3, -0.25) is 9.98 Å². The van der Waals surface area contributed by atoms with Gasteiger partial charge in [0.25, 0.3) is 0 Å². The molecule has 0 N–H and O–H groups in total. The van der Waals surface area contributed by atoms with Crippen LogP contribution in [0.3, 0.4) is 0 Å². The van der Waals surface area contributed by atoms with Crippen LogP contribution in [0.15, 0.2) is 79.2 Å². The summed E-state index contributed by atoms with van der Waals surface area (Å²) in [6, 6.07) is 12.2. The summed E-state index contributed by atoms with van der Waals surface area (Å²) >= 11 is 0. The van der Waals surface area contributed by atoms with E-state index in [-0.39, 0.29) is 0 Å². The van der Waals surface area contributed by atoms with Crippen LogP contribution in [-0.2, 0) is 11.3 Å². The predicted octanol–water partition coefficient (Wildman–Crippen LogP) is 4.55. The standard InChI is InChI=1S/C22H24N2O2/c1-3-20(24-4-2)16-25-15-19-11-22(19)18-10-21(13-23-12-18)26-14-17-8-6-5-7-9-17/h3-10,12-13,19,22H,1-2,11,14-16H2. The number of benzene rings is 1. The first-order valence-electron chi connectivity index (χ1n) is 8.79. The van der Waals surface area contributed by atoms with Gasteiger partial charge in [0.1, 0.15) is 12.4 Å². The summed E-state index contributed by atoms with van der Waals surface area (Å²) in [6.45, 7) is 9.05. The van der Waals surface area contributed by atoms with Crippen molar-refractivity contribution in [2.45, 2.75) is 18.9 Å². The zero-order chi connectivity index (χ0) is 18.2. The van der Waals surface area contributed by atoms with Crippen LogP contribution in [0.25, 0.3) is 0 Å². The Morgan fingerprint density at radius 3 is 2.85 bits per heavy atom. The lowest BCUT2D eigenvalue weighted by Crippen LogP contribution is -2.08. The average Bonchev–Trinajstić information content (AvgIpc) is 3.46. The monoisotopic (exact) mass is 348 g/mol. The molecule has 0 saturated heterocycles. The largest absolute Gasteiger partial charge is 0.487 e. The van der Waals surface area contributed by atoms with E-state index in [1.165, 1.54) is 11.8 Å². The van der Waals surface area contributed by atoms with Crippen molar-refractivity contribution in [3.8, 4) is 5.75 Å². The average molecular weight is 348 g/mol. The van der Waals surface area contributed by atoms with E-state index in [1.807, 2.05) is 24.4 Å². The summed E-state index contributed by atoms with van der Waals surface area (Å²) in [5.41, 5.74) is 3.16. The van der Waals surface area contributed by atoms with Gasteiger partial charge in [-0.2, -0.15) is 0 Å². The Hall–Kier alpha value is -2.72. The van der Waals surface area contributed by atoms with Gasteiger partial charge >= 0.3 is 0 Å². The molecule has 1 aliphatic rings. The Morgan fingerprint density at radius 1 is 1.23 bits per heavy atom. The summed E-state index contributed by atoms with van der Waals surface area (Å²) in [7, 11) is 0. The molecule has 1 aromatic carbocycles. The van der Waals surface area contributed by atoms with E-state index in [2.05, 4.69) is 41.3 Å². The quantitative estimate of drug-likeness (QED) is 0.592. The molecule has 4 nitrogen and oxygen atoms in total. The van der Waals surface area contributed by atoms with E-state index in [0.29, 0.717) is 31.7 Å². The topological polar surface area (TPSA) is 43.7 Å². The molecule has 0 amide bonds. The highest BCUT2D eigenvalue weighted by atomic mass is 16.5. The molecular formula is C22H24N2O2. The van der Waals surface area contributed by atoms with Crippen LogP contribution >= 0.6 is 0 Å². The van der Waals surface area contributed by atoms with Crippen LogP contribution in [0, 0.1) is 5.92 Å². The molecule has 1 saturated carbocycles. The summed E-state index contributed by atoms with van der Waals surface area (Å²) in [5, 5.41) is 0. The molecule has 134 valence electrons. The van der Waals surface area contributed by atoms with Crippen molar-refractivity contribution >= 4 is 5.71 Å². The van der Waals surface area contributed by atoms with Crippen LogP contribution in [0.1, 0.15) is 23.5 Å². The van der Waals surface area contributed by atoms with Crippen molar-refractivity contribution < 1.29 is 9.47 Å². The number of aliphatic imine (C=N–C) groups is 1. The normalized spacial score (nSPS) is 19.0. The van der Waals surface area contributed by atoms with Gasteiger partial charge in [0.15, 0.2) is 0 Å². The second-order valence-corrected chi connectivity index (χ2v) is 6.35. The fourth-order valence-electron chi connectivity index (χ4n) is 2.88. The van der Waals surface area contributed by atoms with Gasteiger partial charge in [-0.15, -0.1) is 0 Å². The molecule has 0 radical (unpaired) electrons. The van der Waals surface area contributed by atoms with Crippen molar-refractivity contribution in [1.29, 1.82) is 0 Å². The lowest BCUT2D eigenvalue weighted by Gasteiger charge is -2.08. The zero-order valence-corrected chi connectivity index (χ0v) is 14.9. The molecular weight excluding hydrogens is 324 g/mol. The SMILES string of the molecule is C=CN=C(C=C)COCC1CC1c1cncc(OCc2ccccc2)c1. The lowest BCUT2D eigenvalue weighted by atomic mass is 10.1. The number of pyridine rings is 1. The summed E-state index contributed by atoms with van der Waals surface area (Å²) < 4.78 is 11.6. The van der Waals surface area contributed by atoms with Crippen molar-refractivity contribution in [2.75, 3.05) is 13.2 Å². The van der Waals surface area contributed by atoms with E-state index < -0.39 is 0 Å². The minimum Gasteiger partial charge on any atom is -0.487 e. The van der Waals surface area contributed by atoms with Crippen LogP contribution < -0.4 is 4.74 Å². The number of rotatable bonds is 10. The van der Waals surface area contributed by atoms with Crippen LogP contribution in [0.4, 0.5) is 0 Å². The molecule has 4 heteroatoms. The van der Waals surface area contributed by atoms with E-state index in [4.69, 9.17) is 9.47 Å². The molecule has 1 fully saturated rings. The van der Waals surface area contributed by atoms with Crippen LogP contribution in [0.2, 0.25) is 0 Å². The molecule has 2 atom stereocenters. The Kier molecular flexibility index (Phi) is 6.34. The Bertz CT molecular complexity index is 771. The minimum atomic E-state index is 0.469. The first-order chi connectivity index (χ1) is 12.8. The van der Waals surface area contributed by atoms with E-state index in [0.717, 1.165) is 23.4 Å². The zero-order valence-electron chi connectivity index (χ0n) is 14.9. The summed E-state index contributed by atoms with van der Waals surface area (Å²) in [6.07, 6.45) is 8.01. The fraction of sp³-hybridized carbons (Fsp3) is 0.273. The van der Waals surface area contributed by atoms with E-state index >= 15 is 0 Å². The van der Waals surface area contributed by atoms with Crippen molar-refractivity contribution in [3.05, 3.63) is 85.4 Å². The minimum absolute atomic E-state index is 0.469. The highest BCUT2D eigenvalue weighted by Gasteiger charge is 2.38. The van der Waals surface area contributed by atoms with Crippen LogP contribution in [0.5, 0.6) is 5.75 Å². The highest BCUT2D eigenvalue weighted by molar-refractivity contribution is 5.95. The molecule has 0 spiro atoms. The number of hydrogen-bond donors (Lipinski definition) is 0. The van der Waals surface area contributed by atoms with Gasteiger partial charge in [-0.1, -0.05) is 43.5 Å². The first kappa shape index (κ1) is 18.1. The third kappa shape index (κ3) is 5.14. The molecule has 2 aromatic rings. The molecule has 0 bridgehead atoms. The van der Waals surface area contributed by atoms with Crippen molar-refractivity contribution in [1.82, 2.24) is 4.98 Å². The van der Waals surface area contributed by atoms with Gasteiger partial charge in [0, 0.05) is 12.4 Å². The Morgan fingerprint density at radius 2 is 2.08 bits per heavy atom. The number of ether oxygens (including phenoxy) is 2. The highest BCUT2D eigenvalue weighted by Crippen LogP contribution is 2.47. The first-order valence-corrected chi connectivity index (χ1v) is 8.79. The van der Waals surface area contributed by atoms with Gasteiger partial charge < -0.3 is 9.47 Å². The summed E-state index contributed by atoms with van der Waals surface area (Å²) in [5.74, 6) is 1.83. The van der Waals surface area contributed by atoms with Crippen molar-refractivity contribution in [3.63, 3.8) is 0 Å². The third-order valence-corrected chi connectivity index (χ3v) is 4.41. The van der Waals surface area contributed by atoms with E-state index in [1.54, 1.807) is 12.3 Å². The van der Waals surface area contributed by atoms with Crippen LogP contribution in [-0.4, -0.2) is 23.9 Å². The lowest BCUT2D eigenvalue weighted by molar-refractivity contribution is 0.159. The van der Waals surface area contributed by atoms with Gasteiger partial charge in [-0.25, -0.2) is 0 Å². The number of nitrogens with zero attached hydrogens (tertiary/aromatic N) is 2. The van der Waals surface area contributed by atoms with Gasteiger partial charge in [-0.05, 0) is 41.5 Å². The summed E-state index contributed by atoms with van der Waals surface area (Å²) in [4.78, 5) is 8.43. The number of aromatic nitrogens is 1. The second kappa shape index (κ2) is 9.11. The van der Waals surface area contributed by atoms with E-state index in [9.17, 15) is 0 Å². The predicted molar refractivity (Wildman–Crippen MR) is 105 cm³/mol. The molecule has 0 aliphatic heterocycles. The Balaban J connectivity index is 1.48. The second-order valence-electron chi connectivity index (χ2n) is 6.35. The van der Waals surface area contributed by atoms with Gasteiger partial charge in [0.2, 0.25) is 0 Å². The smallest absolute Gasteiger partial charge is 0.138 e. The molecule has 1 heterocycles. The molecule has 26 heavy (non-hydrogen) atoms. The van der Waals surface area contributed by atoms with Crippen molar-refractivity contribution in [2.24, 2.45) is 10.9 Å².